The van der Waals surface area contributed by atoms with Gasteiger partial charge in [0.2, 0.25) is 0 Å². The molecular weight excluding hydrogens is 386 g/mol. The zero-order chi connectivity index (χ0) is 14.4. The predicted molar refractivity (Wildman–Crippen MR) is 88.3 cm³/mol. The van der Waals surface area contributed by atoms with E-state index in [-0.39, 0.29) is 0 Å². The largest absolute Gasteiger partial charge is 0.491 e. The van der Waals surface area contributed by atoms with Crippen molar-refractivity contribution in [3.05, 3.63) is 26.6 Å². The van der Waals surface area contributed by atoms with Gasteiger partial charge in [0, 0.05) is 19.7 Å². The molecule has 0 aliphatic carbocycles. The van der Waals surface area contributed by atoms with E-state index < -0.39 is 0 Å². The average Bonchev–Trinajstić information content (AvgIpc) is 2.91. The Labute approximate surface area is 137 Å². The summed E-state index contributed by atoms with van der Waals surface area (Å²) in [4.78, 5) is 0. The summed E-state index contributed by atoms with van der Waals surface area (Å²) in [6.45, 7) is 5.50. The fourth-order valence-corrected chi connectivity index (χ4v) is 3.75. The third-order valence-electron chi connectivity index (χ3n) is 3.23. The molecule has 2 rings (SSSR count). The minimum Gasteiger partial charge on any atom is -0.491 e. The van der Waals surface area contributed by atoms with Gasteiger partial charge in [-0.05, 0) is 68.8 Å². The molecule has 1 fully saturated rings. The zero-order valence-electron chi connectivity index (χ0n) is 11.8. The Morgan fingerprint density at radius 1 is 1.35 bits per heavy atom. The Bertz CT molecular complexity index is 411. The highest BCUT2D eigenvalue weighted by molar-refractivity contribution is 9.11. The van der Waals surface area contributed by atoms with E-state index in [2.05, 4.69) is 56.2 Å². The van der Waals surface area contributed by atoms with Crippen LogP contribution in [-0.2, 0) is 11.3 Å². The number of hydrogen-bond acceptors (Lipinski definition) is 3. The van der Waals surface area contributed by atoms with Crippen LogP contribution in [0.5, 0.6) is 5.75 Å². The summed E-state index contributed by atoms with van der Waals surface area (Å²) in [6.07, 6.45) is 3.75. The van der Waals surface area contributed by atoms with Crippen LogP contribution >= 0.6 is 31.9 Å². The van der Waals surface area contributed by atoms with Crippen molar-refractivity contribution in [3.63, 3.8) is 0 Å². The van der Waals surface area contributed by atoms with Crippen molar-refractivity contribution in [2.75, 3.05) is 19.8 Å². The van der Waals surface area contributed by atoms with Crippen molar-refractivity contribution in [3.8, 4) is 5.75 Å². The molecule has 1 N–H and O–H groups in total. The van der Waals surface area contributed by atoms with Crippen LogP contribution in [0, 0.1) is 0 Å². The lowest BCUT2D eigenvalue weighted by molar-refractivity contribution is 0.110. The van der Waals surface area contributed by atoms with E-state index in [1.807, 2.05) is 0 Å². The standard InChI is InChI=1S/C15H21Br2NO2/c1-2-5-20-15-13(16)7-11(8-14(15)17)9-18-10-12-4-3-6-19-12/h7-8,12,18H,2-6,9-10H2,1H3/t12-/m0/s1. The molecule has 0 amide bonds. The van der Waals surface area contributed by atoms with Gasteiger partial charge in [-0.25, -0.2) is 0 Å². The molecule has 0 radical (unpaired) electrons. The van der Waals surface area contributed by atoms with Crippen LogP contribution in [0.4, 0.5) is 0 Å². The molecule has 1 atom stereocenters. The molecule has 0 aromatic heterocycles. The van der Waals surface area contributed by atoms with Crippen LogP contribution in [0.15, 0.2) is 21.1 Å². The van der Waals surface area contributed by atoms with E-state index in [1.54, 1.807) is 0 Å². The number of hydrogen-bond donors (Lipinski definition) is 1. The average molecular weight is 407 g/mol. The molecule has 1 heterocycles. The Kier molecular flexibility index (Phi) is 6.81. The Morgan fingerprint density at radius 3 is 2.70 bits per heavy atom. The fraction of sp³-hybridized carbons (Fsp3) is 0.600. The van der Waals surface area contributed by atoms with E-state index >= 15 is 0 Å². The van der Waals surface area contributed by atoms with Crippen LogP contribution in [0.1, 0.15) is 31.7 Å². The lowest BCUT2D eigenvalue weighted by Gasteiger charge is -2.13. The first kappa shape index (κ1) is 16.3. The Hall–Kier alpha value is -0.100. The van der Waals surface area contributed by atoms with E-state index in [9.17, 15) is 0 Å². The molecule has 0 saturated carbocycles. The number of nitrogens with one attached hydrogen (secondary N) is 1. The zero-order valence-corrected chi connectivity index (χ0v) is 14.9. The van der Waals surface area contributed by atoms with Gasteiger partial charge in [-0.1, -0.05) is 6.92 Å². The first-order valence-electron chi connectivity index (χ1n) is 7.13. The molecule has 1 aromatic rings. The number of ether oxygens (including phenoxy) is 2. The van der Waals surface area contributed by atoms with Crippen LogP contribution in [-0.4, -0.2) is 25.9 Å². The molecule has 112 valence electrons. The van der Waals surface area contributed by atoms with Crippen LogP contribution < -0.4 is 10.1 Å². The lowest BCUT2D eigenvalue weighted by atomic mass is 10.2. The maximum Gasteiger partial charge on any atom is 0.147 e. The van der Waals surface area contributed by atoms with Crippen molar-refractivity contribution in [2.24, 2.45) is 0 Å². The number of halogens is 2. The van der Waals surface area contributed by atoms with Gasteiger partial charge in [0.05, 0.1) is 21.7 Å². The summed E-state index contributed by atoms with van der Waals surface area (Å²) in [6, 6.07) is 4.22. The van der Waals surface area contributed by atoms with Crippen LogP contribution in [0.2, 0.25) is 0 Å². The van der Waals surface area contributed by atoms with E-state index in [4.69, 9.17) is 9.47 Å². The van der Waals surface area contributed by atoms with Gasteiger partial charge in [-0.15, -0.1) is 0 Å². The smallest absolute Gasteiger partial charge is 0.147 e. The van der Waals surface area contributed by atoms with E-state index in [0.29, 0.717) is 6.10 Å². The first-order valence-corrected chi connectivity index (χ1v) is 8.72. The van der Waals surface area contributed by atoms with Crippen LogP contribution in [0.25, 0.3) is 0 Å². The highest BCUT2D eigenvalue weighted by Gasteiger charge is 2.15. The van der Waals surface area contributed by atoms with Gasteiger partial charge < -0.3 is 14.8 Å². The maximum absolute atomic E-state index is 5.72. The second kappa shape index (κ2) is 8.37. The highest BCUT2D eigenvalue weighted by Crippen LogP contribution is 2.34. The van der Waals surface area contributed by atoms with Crippen molar-refractivity contribution in [1.29, 1.82) is 0 Å². The second-order valence-electron chi connectivity index (χ2n) is 5.00. The van der Waals surface area contributed by atoms with Crippen molar-refractivity contribution >= 4 is 31.9 Å². The van der Waals surface area contributed by atoms with Gasteiger partial charge in [0.1, 0.15) is 5.75 Å². The molecule has 20 heavy (non-hydrogen) atoms. The maximum atomic E-state index is 5.72. The number of benzene rings is 1. The minimum absolute atomic E-state index is 0.383. The molecular formula is C15H21Br2NO2. The van der Waals surface area contributed by atoms with Gasteiger partial charge >= 0.3 is 0 Å². The van der Waals surface area contributed by atoms with E-state index in [1.165, 1.54) is 18.4 Å². The van der Waals surface area contributed by atoms with Gasteiger partial charge in [0.25, 0.3) is 0 Å². The van der Waals surface area contributed by atoms with Crippen molar-refractivity contribution in [1.82, 2.24) is 5.32 Å². The third-order valence-corrected chi connectivity index (χ3v) is 4.41. The molecule has 0 unspecified atom stereocenters. The predicted octanol–water partition coefficient (Wildman–Crippen LogP) is 4.27. The molecule has 5 heteroatoms. The molecule has 1 aliphatic heterocycles. The lowest BCUT2D eigenvalue weighted by Crippen LogP contribution is -2.25. The second-order valence-corrected chi connectivity index (χ2v) is 6.71. The SMILES string of the molecule is CCCOc1c(Br)cc(CNC[C@@H]2CCCO2)cc1Br. The summed E-state index contributed by atoms with van der Waals surface area (Å²) < 4.78 is 13.3. The van der Waals surface area contributed by atoms with Crippen molar-refractivity contribution in [2.45, 2.75) is 38.8 Å². The molecule has 0 spiro atoms. The molecule has 0 bridgehead atoms. The van der Waals surface area contributed by atoms with Gasteiger partial charge in [-0.3, -0.25) is 0 Å². The Morgan fingerprint density at radius 2 is 2.10 bits per heavy atom. The summed E-state index contributed by atoms with van der Waals surface area (Å²) in [5, 5.41) is 3.45. The summed E-state index contributed by atoms with van der Waals surface area (Å²) >= 11 is 7.16. The number of rotatable bonds is 7. The molecule has 1 aliphatic rings. The first-order chi connectivity index (χ1) is 9.70. The fourth-order valence-electron chi connectivity index (χ4n) is 2.24. The molecule has 1 aromatic carbocycles. The van der Waals surface area contributed by atoms with Crippen molar-refractivity contribution < 1.29 is 9.47 Å². The molecule has 1 saturated heterocycles. The summed E-state index contributed by atoms with van der Waals surface area (Å²) in [7, 11) is 0. The quantitative estimate of drug-likeness (QED) is 0.733. The van der Waals surface area contributed by atoms with Gasteiger partial charge in [0.15, 0.2) is 0 Å². The normalized spacial score (nSPS) is 18.4. The van der Waals surface area contributed by atoms with Crippen LogP contribution in [0.3, 0.4) is 0 Å². The summed E-state index contributed by atoms with van der Waals surface area (Å²) in [5.41, 5.74) is 1.23. The highest BCUT2D eigenvalue weighted by atomic mass is 79.9. The minimum atomic E-state index is 0.383. The Balaban J connectivity index is 1.88. The monoisotopic (exact) mass is 405 g/mol. The topological polar surface area (TPSA) is 30.5 Å². The van der Waals surface area contributed by atoms with E-state index in [0.717, 1.165) is 47.4 Å². The van der Waals surface area contributed by atoms with Gasteiger partial charge in [-0.2, -0.15) is 0 Å². The summed E-state index contributed by atoms with van der Waals surface area (Å²) in [5.74, 6) is 0.884. The molecule has 3 nitrogen and oxygen atoms in total. The third kappa shape index (κ3) is 4.72.